The molecule has 0 spiro atoms. The van der Waals surface area contributed by atoms with E-state index in [0.717, 1.165) is 44.4 Å². The summed E-state index contributed by atoms with van der Waals surface area (Å²) in [6.07, 6.45) is 0.794. The number of nitrogens with zero attached hydrogens (tertiary/aromatic N) is 2. The quantitative estimate of drug-likeness (QED) is 0.162. The Balaban J connectivity index is 1.16. The van der Waals surface area contributed by atoms with Gasteiger partial charge in [0, 0.05) is 18.0 Å². The number of aliphatic hydroxyl groups is 1. The van der Waals surface area contributed by atoms with Crippen molar-refractivity contribution in [3.05, 3.63) is 156 Å². The first-order valence-electron chi connectivity index (χ1n) is 16.0. The number of para-hydroxylation sites is 2. The summed E-state index contributed by atoms with van der Waals surface area (Å²) < 4.78 is 43.9. The Hall–Kier alpha value is -4.64. The zero-order valence-corrected chi connectivity index (χ0v) is 27.3. The van der Waals surface area contributed by atoms with E-state index in [1.165, 1.54) is 0 Å². The number of hydrogen-bond donors (Lipinski definition) is 2. The molecule has 48 heavy (non-hydrogen) atoms. The van der Waals surface area contributed by atoms with E-state index in [2.05, 4.69) is 33.3 Å². The van der Waals surface area contributed by atoms with E-state index >= 15 is 0 Å². The van der Waals surface area contributed by atoms with Crippen LogP contribution in [0.2, 0.25) is 0 Å². The van der Waals surface area contributed by atoms with E-state index in [0.29, 0.717) is 6.54 Å². The largest absolute Gasteiger partial charge is 0.392 e. The van der Waals surface area contributed by atoms with Gasteiger partial charge in [0.25, 0.3) is 0 Å². The van der Waals surface area contributed by atoms with Gasteiger partial charge in [0.15, 0.2) is 6.29 Å². The molecule has 4 atom stereocenters. The number of ether oxygens (including phenoxy) is 2. The lowest BCUT2D eigenvalue weighted by Gasteiger charge is -2.41. The molecule has 0 radical (unpaired) electrons. The van der Waals surface area contributed by atoms with Crippen LogP contribution in [-0.4, -0.2) is 29.2 Å². The standard InChI is InChI=1S/C39H37N3O5S/c1-27-37(24-42-26-40-35-15-5-6-16-36(35)42)46-39(47-38(27)30-19-17-28(25-43)18-20-30)33-12-8-11-32(22-33)31-10-7-9-29(21-31)23-41-48(44,45)34-13-3-2-4-14-34/h2-22,26-27,37-39,41,43H,23-25H2,1H3/t27-,37+,38+,39+/m1/s1. The van der Waals surface area contributed by atoms with Crippen LogP contribution in [0, 0.1) is 5.92 Å². The summed E-state index contributed by atoms with van der Waals surface area (Å²) in [7, 11) is -3.63. The molecule has 7 rings (SSSR count). The Kier molecular flexibility index (Phi) is 9.21. The average Bonchev–Trinajstić information content (AvgIpc) is 3.55. The Bertz CT molecular complexity index is 2120. The number of aromatic nitrogens is 2. The summed E-state index contributed by atoms with van der Waals surface area (Å²) in [5.41, 5.74) is 7.50. The average molecular weight is 660 g/mol. The van der Waals surface area contributed by atoms with E-state index in [1.807, 2.05) is 91.3 Å². The molecule has 0 bridgehead atoms. The van der Waals surface area contributed by atoms with Crippen molar-refractivity contribution in [3.8, 4) is 11.1 Å². The molecule has 0 saturated carbocycles. The zero-order chi connectivity index (χ0) is 33.1. The molecule has 1 fully saturated rings. The van der Waals surface area contributed by atoms with Gasteiger partial charge in [-0.25, -0.2) is 18.1 Å². The SMILES string of the molecule is C[C@@H]1[C@H](Cn2cnc3ccccc32)O[C@H](c2cccc(-c3cccc(CNS(=O)(=O)c4ccccc4)c3)c2)O[C@@H]1c1ccc(CO)cc1. The summed E-state index contributed by atoms with van der Waals surface area (Å²) in [5.74, 6) is 0.0157. The number of nitrogens with one attached hydrogen (secondary N) is 1. The van der Waals surface area contributed by atoms with E-state index in [1.54, 1.807) is 30.3 Å². The van der Waals surface area contributed by atoms with Crippen molar-refractivity contribution in [2.24, 2.45) is 5.92 Å². The Morgan fingerprint density at radius 3 is 2.29 bits per heavy atom. The topological polar surface area (TPSA) is 103 Å². The first-order valence-corrected chi connectivity index (χ1v) is 17.5. The fourth-order valence-corrected chi connectivity index (χ4v) is 7.30. The predicted molar refractivity (Wildman–Crippen MR) is 185 cm³/mol. The van der Waals surface area contributed by atoms with Gasteiger partial charge in [-0.1, -0.05) is 97.9 Å². The lowest BCUT2D eigenvalue weighted by atomic mass is 9.90. The van der Waals surface area contributed by atoms with E-state index in [-0.39, 0.29) is 36.2 Å². The second-order valence-electron chi connectivity index (χ2n) is 12.2. The fourth-order valence-electron chi connectivity index (χ4n) is 6.26. The van der Waals surface area contributed by atoms with Crippen molar-refractivity contribution in [2.75, 3.05) is 0 Å². The normalized spacial score (nSPS) is 19.8. The smallest absolute Gasteiger partial charge is 0.240 e. The first-order chi connectivity index (χ1) is 23.4. The molecule has 9 heteroatoms. The lowest BCUT2D eigenvalue weighted by molar-refractivity contribution is -0.276. The third kappa shape index (κ3) is 6.82. The Labute approximate surface area is 280 Å². The molecule has 6 aromatic rings. The maximum absolute atomic E-state index is 12.8. The van der Waals surface area contributed by atoms with Crippen LogP contribution in [0.25, 0.3) is 22.2 Å². The maximum Gasteiger partial charge on any atom is 0.240 e. The first kappa shape index (κ1) is 31.9. The van der Waals surface area contributed by atoms with Gasteiger partial charge >= 0.3 is 0 Å². The zero-order valence-electron chi connectivity index (χ0n) is 26.5. The van der Waals surface area contributed by atoms with Crippen molar-refractivity contribution < 1.29 is 23.0 Å². The number of hydrogen-bond acceptors (Lipinski definition) is 6. The third-order valence-electron chi connectivity index (χ3n) is 8.97. The van der Waals surface area contributed by atoms with Gasteiger partial charge < -0.3 is 19.1 Å². The summed E-state index contributed by atoms with van der Waals surface area (Å²) in [6, 6.07) is 40.3. The molecule has 1 saturated heterocycles. The van der Waals surface area contributed by atoms with Crippen LogP contribution in [0.4, 0.5) is 0 Å². The van der Waals surface area contributed by atoms with Gasteiger partial charge in [0.2, 0.25) is 10.0 Å². The number of fused-ring (bicyclic) bond motifs is 1. The van der Waals surface area contributed by atoms with Crippen molar-refractivity contribution in [2.45, 2.75) is 50.0 Å². The molecule has 0 aliphatic carbocycles. The van der Waals surface area contributed by atoms with E-state index in [4.69, 9.17) is 9.47 Å². The molecule has 0 unspecified atom stereocenters. The van der Waals surface area contributed by atoms with Crippen molar-refractivity contribution in [1.82, 2.24) is 14.3 Å². The van der Waals surface area contributed by atoms with Gasteiger partial charge in [0.1, 0.15) is 0 Å². The number of benzene rings is 5. The van der Waals surface area contributed by atoms with Crippen LogP contribution in [0.5, 0.6) is 0 Å². The molecule has 8 nitrogen and oxygen atoms in total. The molecule has 2 N–H and O–H groups in total. The summed E-state index contributed by atoms with van der Waals surface area (Å²) in [5, 5.41) is 9.61. The highest BCUT2D eigenvalue weighted by atomic mass is 32.2. The number of imidazole rings is 1. The van der Waals surface area contributed by atoms with Crippen molar-refractivity contribution >= 4 is 21.1 Å². The molecule has 5 aromatic carbocycles. The maximum atomic E-state index is 12.8. The third-order valence-corrected chi connectivity index (χ3v) is 10.4. The highest BCUT2D eigenvalue weighted by molar-refractivity contribution is 7.89. The van der Waals surface area contributed by atoms with Gasteiger partial charge in [-0.05, 0) is 64.2 Å². The summed E-state index contributed by atoms with van der Waals surface area (Å²) in [6.45, 7) is 2.90. The predicted octanol–water partition coefficient (Wildman–Crippen LogP) is 7.17. The molecule has 1 aliphatic heterocycles. The van der Waals surface area contributed by atoms with Crippen LogP contribution >= 0.6 is 0 Å². The van der Waals surface area contributed by atoms with Crippen LogP contribution in [0.15, 0.2) is 139 Å². The monoisotopic (exact) mass is 659 g/mol. The Morgan fingerprint density at radius 2 is 1.50 bits per heavy atom. The number of sulfonamides is 1. The minimum absolute atomic E-state index is 0.0157. The molecule has 0 amide bonds. The summed E-state index contributed by atoms with van der Waals surface area (Å²) >= 11 is 0. The van der Waals surface area contributed by atoms with Gasteiger partial charge in [-0.15, -0.1) is 0 Å². The van der Waals surface area contributed by atoms with Crippen molar-refractivity contribution in [1.29, 1.82) is 0 Å². The van der Waals surface area contributed by atoms with Gasteiger partial charge in [-0.2, -0.15) is 0 Å². The Morgan fingerprint density at radius 1 is 0.771 bits per heavy atom. The molecule has 2 heterocycles. The van der Waals surface area contributed by atoms with E-state index < -0.39 is 16.3 Å². The van der Waals surface area contributed by atoms with Crippen molar-refractivity contribution in [3.63, 3.8) is 0 Å². The second kappa shape index (κ2) is 13.8. The number of aliphatic hydroxyl groups excluding tert-OH is 1. The molecule has 244 valence electrons. The molecular weight excluding hydrogens is 623 g/mol. The molecular formula is C39H37N3O5S. The van der Waals surface area contributed by atoms with Crippen LogP contribution in [0.1, 0.15) is 41.6 Å². The highest BCUT2D eigenvalue weighted by Crippen LogP contribution is 2.43. The molecule has 1 aromatic heterocycles. The fraction of sp³-hybridized carbons (Fsp3) is 0.205. The lowest BCUT2D eigenvalue weighted by Crippen LogP contribution is -2.39. The minimum atomic E-state index is -3.63. The van der Waals surface area contributed by atoms with Crippen LogP contribution in [-0.2, 0) is 39.2 Å². The van der Waals surface area contributed by atoms with Crippen LogP contribution in [0.3, 0.4) is 0 Å². The minimum Gasteiger partial charge on any atom is -0.392 e. The highest BCUT2D eigenvalue weighted by Gasteiger charge is 2.38. The van der Waals surface area contributed by atoms with Gasteiger partial charge in [0.05, 0.1) is 47.6 Å². The molecule has 1 aliphatic rings. The summed E-state index contributed by atoms with van der Waals surface area (Å²) in [4.78, 5) is 4.83. The van der Waals surface area contributed by atoms with Crippen LogP contribution < -0.4 is 4.72 Å². The second-order valence-corrected chi connectivity index (χ2v) is 13.9. The van der Waals surface area contributed by atoms with E-state index in [9.17, 15) is 13.5 Å². The van der Waals surface area contributed by atoms with Gasteiger partial charge in [-0.3, -0.25) is 0 Å². The number of rotatable bonds is 10.